The molecule has 132 valence electrons. The van der Waals surface area contributed by atoms with Gasteiger partial charge < -0.3 is 10.4 Å². The van der Waals surface area contributed by atoms with Crippen LogP contribution in [0.1, 0.15) is 15.9 Å². The second-order valence-corrected chi connectivity index (χ2v) is 5.14. The van der Waals surface area contributed by atoms with E-state index in [0.29, 0.717) is 0 Å². The Balaban J connectivity index is 2.57. The first-order chi connectivity index (χ1) is 13.0. The van der Waals surface area contributed by atoms with Gasteiger partial charge in [-0.25, -0.2) is 0 Å². The van der Waals surface area contributed by atoms with E-state index < -0.39 is 22.2 Å². The molecule has 8 nitrogen and oxygen atoms in total. The lowest BCUT2D eigenvalue weighted by Gasteiger charge is -2.10. The zero-order chi connectivity index (χ0) is 19.8. The molecule has 2 N–H and O–H groups in total. The first-order valence-electron chi connectivity index (χ1n) is 7.53. The molecule has 2 rings (SSSR count). The summed E-state index contributed by atoms with van der Waals surface area (Å²) in [6, 6.07) is 16.7. The zero-order valence-corrected chi connectivity index (χ0v) is 13.8. The number of rotatable bonds is 5. The first-order valence-corrected chi connectivity index (χ1v) is 7.53. The minimum Gasteiger partial charge on any atom is -0.504 e. The van der Waals surface area contributed by atoms with Gasteiger partial charge in [-0.3, -0.25) is 14.9 Å². The summed E-state index contributed by atoms with van der Waals surface area (Å²) in [6.07, 6.45) is 1.13. The maximum atomic E-state index is 12.4. The Bertz CT molecular complexity index is 1010. The Hall–Kier alpha value is -4.43. The van der Waals surface area contributed by atoms with Crippen LogP contribution in [0.4, 0.5) is 5.69 Å². The Morgan fingerprint density at radius 2 is 1.67 bits per heavy atom. The standard InChI is InChI=1S/C19H12N4O4/c20-11-15(12-21)18(24)16(22-19(25)13-6-2-1-3-7-13)10-14-8-4-5-9-17(14)23(26)27/h1-10,24H,(H,22,25). The molecule has 0 atom stereocenters. The lowest BCUT2D eigenvalue weighted by molar-refractivity contribution is -0.385. The van der Waals surface area contributed by atoms with Gasteiger partial charge in [0.25, 0.3) is 11.6 Å². The molecule has 0 aliphatic heterocycles. The third-order valence-electron chi connectivity index (χ3n) is 3.43. The third-order valence-corrected chi connectivity index (χ3v) is 3.43. The van der Waals surface area contributed by atoms with Crippen molar-refractivity contribution in [1.82, 2.24) is 5.32 Å². The maximum absolute atomic E-state index is 12.4. The van der Waals surface area contributed by atoms with Crippen molar-refractivity contribution in [3.63, 3.8) is 0 Å². The first kappa shape index (κ1) is 18.9. The molecule has 0 aliphatic carbocycles. The highest BCUT2D eigenvalue weighted by molar-refractivity contribution is 5.96. The number of carbonyl (C=O) groups excluding carboxylic acids is 1. The Labute approximate surface area is 154 Å². The van der Waals surface area contributed by atoms with Gasteiger partial charge in [0.1, 0.15) is 12.1 Å². The number of nitriles is 2. The van der Waals surface area contributed by atoms with Crippen molar-refractivity contribution in [3.05, 3.63) is 92.9 Å². The van der Waals surface area contributed by atoms with Crippen molar-refractivity contribution in [2.75, 3.05) is 0 Å². The molecule has 27 heavy (non-hydrogen) atoms. The lowest BCUT2D eigenvalue weighted by atomic mass is 10.1. The smallest absolute Gasteiger partial charge is 0.276 e. The van der Waals surface area contributed by atoms with Gasteiger partial charge in [-0.05, 0) is 24.3 Å². The number of carbonyl (C=O) groups is 1. The number of aliphatic hydroxyl groups is 1. The second-order valence-electron chi connectivity index (χ2n) is 5.14. The molecule has 0 unspecified atom stereocenters. The van der Waals surface area contributed by atoms with Crippen molar-refractivity contribution >= 4 is 17.7 Å². The van der Waals surface area contributed by atoms with E-state index in [4.69, 9.17) is 10.5 Å². The molecule has 0 fully saturated rings. The molecule has 2 aromatic rings. The van der Waals surface area contributed by atoms with Crippen LogP contribution in [-0.2, 0) is 0 Å². The largest absolute Gasteiger partial charge is 0.504 e. The lowest BCUT2D eigenvalue weighted by Crippen LogP contribution is -2.24. The fourth-order valence-electron chi connectivity index (χ4n) is 2.14. The molecule has 0 aliphatic rings. The predicted octanol–water partition coefficient (Wildman–Crippen LogP) is 3.22. The van der Waals surface area contributed by atoms with E-state index >= 15 is 0 Å². The summed E-state index contributed by atoms with van der Waals surface area (Å²) in [5.74, 6) is -1.41. The number of allylic oxidation sites excluding steroid dienone is 1. The van der Waals surface area contributed by atoms with Gasteiger partial charge in [0.2, 0.25) is 0 Å². The van der Waals surface area contributed by atoms with E-state index in [0.717, 1.165) is 6.08 Å². The van der Waals surface area contributed by atoms with Gasteiger partial charge in [-0.2, -0.15) is 10.5 Å². The summed E-state index contributed by atoms with van der Waals surface area (Å²) in [5, 5.41) is 41.7. The average Bonchev–Trinajstić information content (AvgIpc) is 2.69. The van der Waals surface area contributed by atoms with Gasteiger partial charge >= 0.3 is 0 Å². The topological polar surface area (TPSA) is 140 Å². The van der Waals surface area contributed by atoms with Crippen molar-refractivity contribution in [2.24, 2.45) is 0 Å². The molecule has 0 saturated heterocycles. The fourth-order valence-corrected chi connectivity index (χ4v) is 2.14. The van der Waals surface area contributed by atoms with Crippen molar-refractivity contribution < 1.29 is 14.8 Å². The van der Waals surface area contributed by atoms with Crippen molar-refractivity contribution in [3.8, 4) is 12.1 Å². The number of hydrogen-bond donors (Lipinski definition) is 2. The molecular formula is C19H12N4O4. The van der Waals surface area contributed by atoms with Crippen LogP contribution in [0, 0.1) is 32.8 Å². The van der Waals surface area contributed by atoms with E-state index in [2.05, 4.69) is 5.32 Å². The Morgan fingerprint density at radius 3 is 2.26 bits per heavy atom. The van der Waals surface area contributed by atoms with Gasteiger partial charge in [0.05, 0.1) is 16.2 Å². The van der Waals surface area contributed by atoms with Crippen LogP contribution >= 0.6 is 0 Å². The van der Waals surface area contributed by atoms with E-state index in [1.807, 2.05) is 0 Å². The van der Waals surface area contributed by atoms with Crippen LogP contribution in [0.3, 0.4) is 0 Å². The number of nitro groups is 1. The Morgan fingerprint density at radius 1 is 1.07 bits per heavy atom. The van der Waals surface area contributed by atoms with E-state index in [-0.39, 0.29) is 22.5 Å². The summed E-state index contributed by atoms with van der Waals surface area (Å²) in [5.41, 5.74) is -0.890. The van der Waals surface area contributed by atoms with Gasteiger partial charge in [-0.1, -0.05) is 30.3 Å². The quantitative estimate of drug-likeness (QED) is 0.276. The zero-order valence-electron chi connectivity index (χ0n) is 13.8. The Kier molecular flexibility index (Phi) is 6.02. The van der Waals surface area contributed by atoms with Crippen molar-refractivity contribution in [2.45, 2.75) is 0 Å². The summed E-state index contributed by atoms with van der Waals surface area (Å²) >= 11 is 0. The number of nitro benzene ring substituents is 1. The number of amides is 1. The summed E-state index contributed by atoms with van der Waals surface area (Å²) in [4.78, 5) is 22.9. The molecule has 0 bridgehead atoms. The molecule has 0 radical (unpaired) electrons. The maximum Gasteiger partial charge on any atom is 0.276 e. The van der Waals surface area contributed by atoms with Crippen LogP contribution in [-0.4, -0.2) is 15.9 Å². The third kappa shape index (κ3) is 4.56. The second kappa shape index (κ2) is 8.60. The van der Waals surface area contributed by atoms with Crippen LogP contribution in [0.25, 0.3) is 6.08 Å². The van der Waals surface area contributed by atoms with Gasteiger partial charge in [-0.15, -0.1) is 0 Å². The average molecular weight is 360 g/mol. The number of nitrogens with one attached hydrogen (secondary N) is 1. The minimum atomic E-state index is -0.789. The van der Waals surface area contributed by atoms with E-state index in [1.54, 1.807) is 18.2 Å². The summed E-state index contributed by atoms with van der Waals surface area (Å²) in [7, 11) is 0. The number of benzene rings is 2. The van der Waals surface area contributed by atoms with Crippen LogP contribution in [0.5, 0.6) is 0 Å². The SMILES string of the molecule is N#CC(C#N)=C(O)C(=Cc1ccccc1[N+](=O)[O-])NC(=O)c1ccccc1. The number of hydrogen-bond acceptors (Lipinski definition) is 6. The number of nitrogens with zero attached hydrogens (tertiary/aromatic N) is 3. The summed E-state index contributed by atoms with van der Waals surface area (Å²) < 4.78 is 0. The minimum absolute atomic E-state index is 0.0765. The molecule has 2 aromatic carbocycles. The van der Waals surface area contributed by atoms with Gasteiger partial charge in [0.15, 0.2) is 11.3 Å². The van der Waals surface area contributed by atoms with Crippen LogP contribution < -0.4 is 5.32 Å². The fraction of sp³-hybridized carbons (Fsp3) is 0. The molecule has 0 saturated carbocycles. The normalized spacial score (nSPS) is 10.2. The van der Waals surface area contributed by atoms with Gasteiger partial charge in [0, 0.05) is 11.6 Å². The highest BCUT2D eigenvalue weighted by Crippen LogP contribution is 2.22. The van der Waals surface area contributed by atoms with E-state index in [1.165, 1.54) is 48.5 Å². The molecule has 0 heterocycles. The predicted molar refractivity (Wildman–Crippen MR) is 95.9 cm³/mol. The molecule has 0 spiro atoms. The molecule has 0 aromatic heterocycles. The molecule has 1 amide bonds. The molecule has 8 heteroatoms. The summed E-state index contributed by atoms with van der Waals surface area (Å²) in [6.45, 7) is 0. The monoisotopic (exact) mass is 360 g/mol. The van der Waals surface area contributed by atoms with Crippen molar-refractivity contribution in [1.29, 1.82) is 10.5 Å². The number of para-hydroxylation sites is 1. The van der Waals surface area contributed by atoms with E-state index in [9.17, 15) is 20.0 Å². The van der Waals surface area contributed by atoms with Crippen LogP contribution in [0.15, 0.2) is 71.6 Å². The highest BCUT2D eigenvalue weighted by Gasteiger charge is 2.18. The number of aliphatic hydroxyl groups excluding tert-OH is 1. The highest BCUT2D eigenvalue weighted by atomic mass is 16.6. The molecular weight excluding hydrogens is 348 g/mol. The van der Waals surface area contributed by atoms with Crippen LogP contribution in [0.2, 0.25) is 0 Å².